The van der Waals surface area contributed by atoms with Crippen molar-refractivity contribution in [1.29, 1.82) is 0 Å². The number of nitrogens with zero attached hydrogens (tertiary/aromatic N) is 1. The Morgan fingerprint density at radius 3 is 2.45 bits per heavy atom. The predicted octanol–water partition coefficient (Wildman–Crippen LogP) is -0.738. The highest BCUT2D eigenvalue weighted by atomic mass is 16.5. The van der Waals surface area contributed by atoms with E-state index in [1.54, 1.807) is 6.92 Å². The summed E-state index contributed by atoms with van der Waals surface area (Å²) in [7, 11) is 0. The number of hydrogen-bond donors (Lipinski definition) is 2. The van der Waals surface area contributed by atoms with Crippen molar-refractivity contribution in [1.82, 2.24) is 0 Å². The topological polar surface area (TPSA) is 79.1 Å². The first-order valence-corrected chi connectivity index (χ1v) is 3.47. The van der Waals surface area contributed by atoms with E-state index < -0.39 is 24.4 Å². The lowest BCUT2D eigenvalue weighted by Crippen LogP contribution is -2.32. The second-order valence-electron chi connectivity index (χ2n) is 2.67. The average Bonchev–Trinajstić information content (AvgIpc) is 2.19. The van der Waals surface area contributed by atoms with Crippen molar-refractivity contribution in [2.45, 2.75) is 31.3 Å². The molecular weight excluding hydrogens is 150 g/mol. The second kappa shape index (κ2) is 3.25. The van der Waals surface area contributed by atoms with Crippen LogP contribution in [0.4, 0.5) is 0 Å². The molecule has 1 aliphatic rings. The van der Waals surface area contributed by atoms with Crippen molar-refractivity contribution < 1.29 is 14.9 Å². The summed E-state index contributed by atoms with van der Waals surface area (Å²) < 4.78 is 5.03. The highest BCUT2D eigenvalue weighted by Crippen LogP contribution is 2.20. The van der Waals surface area contributed by atoms with Crippen LogP contribution >= 0.6 is 0 Å². The van der Waals surface area contributed by atoms with E-state index in [1.807, 2.05) is 0 Å². The fourth-order valence-electron chi connectivity index (χ4n) is 1.16. The Balaban J connectivity index is 2.51. The molecule has 1 saturated heterocycles. The van der Waals surface area contributed by atoms with Crippen molar-refractivity contribution >= 4 is 0 Å². The zero-order chi connectivity index (χ0) is 8.43. The summed E-state index contributed by atoms with van der Waals surface area (Å²) >= 11 is 0. The summed E-state index contributed by atoms with van der Waals surface area (Å²) in [5.74, 6) is 0. The average molecular weight is 161 g/mol. The molecule has 1 fully saturated rings. The van der Waals surface area contributed by atoms with E-state index in [2.05, 4.69) is 5.18 Å². The van der Waals surface area contributed by atoms with Gasteiger partial charge in [-0.05, 0) is 6.92 Å². The van der Waals surface area contributed by atoms with E-state index in [0.29, 0.717) is 0 Å². The first-order valence-electron chi connectivity index (χ1n) is 3.47. The summed E-state index contributed by atoms with van der Waals surface area (Å²) in [4.78, 5) is 9.80. The molecular formula is C6H11NO4. The maximum atomic E-state index is 9.80. The molecule has 0 aliphatic carbocycles. The molecule has 4 unspecified atom stereocenters. The van der Waals surface area contributed by atoms with E-state index in [0.717, 1.165) is 0 Å². The molecule has 0 aromatic carbocycles. The molecule has 0 radical (unpaired) electrons. The third kappa shape index (κ3) is 1.55. The van der Waals surface area contributed by atoms with Gasteiger partial charge >= 0.3 is 0 Å². The molecule has 0 aromatic rings. The number of rotatable bonds is 2. The van der Waals surface area contributed by atoms with Gasteiger partial charge in [-0.2, -0.15) is 4.91 Å². The minimum Gasteiger partial charge on any atom is -0.388 e. The normalized spacial score (nSPS) is 44.3. The van der Waals surface area contributed by atoms with Gasteiger partial charge in [0.2, 0.25) is 0 Å². The monoisotopic (exact) mass is 161 g/mol. The third-order valence-corrected chi connectivity index (χ3v) is 1.86. The van der Waals surface area contributed by atoms with E-state index in [1.165, 1.54) is 0 Å². The zero-order valence-corrected chi connectivity index (χ0v) is 6.17. The molecule has 1 rings (SSSR count). The second-order valence-corrected chi connectivity index (χ2v) is 2.67. The van der Waals surface area contributed by atoms with Gasteiger partial charge in [0.1, 0.15) is 24.9 Å². The van der Waals surface area contributed by atoms with E-state index in [9.17, 15) is 10.0 Å². The van der Waals surface area contributed by atoms with Crippen LogP contribution in [0.5, 0.6) is 0 Å². The Bertz CT molecular complexity index is 152. The maximum Gasteiger partial charge on any atom is 0.110 e. The van der Waals surface area contributed by atoms with Crippen molar-refractivity contribution in [2.24, 2.45) is 5.18 Å². The molecule has 64 valence electrons. The third-order valence-electron chi connectivity index (χ3n) is 1.86. The minimum absolute atomic E-state index is 0.109. The highest BCUT2D eigenvalue weighted by molar-refractivity contribution is 4.89. The molecule has 0 spiro atoms. The molecule has 2 N–H and O–H groups in total. The molecule has 0 bridgehead atoms. The number of aliphatic hydroxyl groups excluding tert-OH is 2. The van der Waals surface area contributed by atoms with E-state index in [4.69, 9.17) is 9.84 Å². The van der Waals surface area contributed by atoms with Gasteiger partial charge < -0.3 is 14.9 Å². The van der Waals surface area contributed by atoms with Crippen molar-refractivity contribution in [3.05, 3.63) is 4.91 Å². The van der Waals surface area contributed by atoms with Crippen LogP contribution in [0.15, 0.2) is 5.18 Å². The van der Waals surface area contributed by atoms with Gasteiger partial charge in [0.15, 0.2) is 0 Å². The van der Waals surface area contributed by atoms with Crippen molar-refractivity contribution in [2.75, 3.05) is 6.54 Å². The van der Waals surface area contributed by atoms with Crippen LogP contribution < -0.4 is 0 Å². The lowest BCUT2D eigenvalue weighted by molar-refractivity contribution is 0.0224. The smallest absolute Gasteiger partial charge is 0.110 e. The van der Waals surface area contributed by atoms with Gasteiger partial charge in [-0.1, -0.05) is 5.18 Å². The van der Waals surface area contributed by atoms with Gasteiger partial charge in [0, 0.05) is 0 Å². The molecule has 5 nitrogen and oxygen atoms in total. The molecule has 5 heteroatoms. The summed E-state index contributed by atoms with van der Waals surface area (Å²) in [6, 6.07) is 0. The van der Waals surface area contributed by atoms with Gasteiger partial charge in [-0.15, -0.1) is 0 Å². The van der Waals surface area contributed by atoms with E-state index >= 15 is 0 Å². The van der Waals surface area contributed by atoms with Gasteiger partial charge in [0.05, 0.1) is 6.10 Å². The van der Waals surface area contributed by atoms with Crippen LogP contribution in [0.1, 0.15) is 6.92 Å². The predicted molar refractivity (Wildman–Crippen MR) is 37.0 cm³/mol. The Kier molecular flexibility index (Phi) is 2.53. The Morgan fingerprint density at radius 2 is 2.09 bits per heavy atom. The summed E-state index contributed by atoms with van der Waals surface area (Å²) in [5, 5.41) is 20.9. The van der Waals surface area contributed by atoms with Gasteiger partial charge in [0.25, 0.3) is 0 Å². The standard InChI is InChI=1S/C6H11NO4/c1-3-5(8)6(9)4(11-3)2-7-10/h3-6,8-9H,2H2,1H3. The number of nitroso groups, excluding NO2 is 1. The van der Waals surface area contributed by atoms with Gasteiger partial charge in [-0.25, -0.2) is 0 Å². The maximum absolute atomic E-state index is 9.80. The molecule has 1 heterocycles. The zero-order valence-electron chi connectivity index (χ0n) is 6.17. The first kappa shape index (κ1) is 8.58. The fourth-order valence-corrected chi connectivity index (χ4v) is 1.16. The van der Waals surface area contributed by atoms with E-state index in [-0.39, 0.29) is 6.54 Å². The van der Waals surface area contributed by atoms with Crippen molar-refractivity contribution in [3.63, 3.8) is 0 Å². The fraction of sp³-hybridized carbons (Fsp3) is 1.00. The largest absolute Gasteiger partial charge is 0.388 e. The van der Waals surface area contributed by atoms with Crippen LogP contribution in [0.2, 0.25) is 0 Å². The number of hydrogen-bond acceptors (Lipinski definition) is 5. The lowest BCUT2D eigenvalue weighted by Gasteiger charge is -2.09. The highest BCUT2D eigenvalue weighted by Gasteiger charge is 2.40. The van der Waals surface area contributed by atoms with Crippen LogP contribution in [0, 0.1) is 4.91 Å². The van der Waals surface area contributed by atoms with Crippen LogP contribution in [-0.2, 0) is 4.74 Å². The summed E-state index contributed by atoms with van der Waals surface area (Å²) in [6.07, 6.45) is -2.95. The number of aliphatic hydroxyl groups is 2. The number of ether oxygens (including phenoxy) is 1. The molecule has 4 atom stereocenters. The first-order chi connectivity index (χ1) is 5.16. The molecule has 0 saturated carbocycles. The Morgan fingerprint density at radius 1 is 1.45 bits per heavy atom. The van der Waals surface area contributed by atoms with Crippen LogP contribution in [0.25, 0.3) is 0 Å². The summed E-state index contributed by atoms with van der Waals surface area (Å²) in [5.41, 5.74) is 0. The SMILES string of the molecule is CC1OC(CN=O)C(O)C1O. The molecule has 1 aliphatic heterocycles. The Hall–Kier alpha value is -0.520. The molecule has 0 aromatic heterocycles. The van der Waals surface area contributed by atoms with Crippen LogP contribution in [-0.4, -0.2) is 41.2 Å². The Labute approximate surface area is 64.0 Å². The molecule has 0 amide bonds. The van der Waals surface area contributed by atoms with Gasteiger partial charge in [-0.3, -0.25) is 0 Å². The van der Waals surface area contributed by atoms with Crippen molar-refractivity contribution in [3.8, 4) is 0 Å². The quantitative estimate of drug-likeness (QED) is 0.523. The minimum atomic E-state index is -0.984. The molecule has 11 heavy (non-hydrogen) atoms. The lowest BCUT2D eigenvalue weighted by atomic mass is 10.1. The van der Waals surface area contributed by atoms with Crippen LogP contribution in [0.3, 0.4) is 0 Å². The summed E-state index contributed by atoms with van der Waals surface area (Å²) in [6.45, 7) is 1.53.